The Bertz CT molecular complexity index is 2100. The molecular weight excluding hydrogens is 544 g/mol. The van der Waals surface area contributed by atoms with Crippen LogP contribution in [0.2, 0.25) is 0 Å². The predicted octanol–water partition coefficient (Wildman–Crippen LogP) is 12.0. The highest BCUT2D eigenvalue weighted by Gasteiger charge is 2.23. The van der Waals surface area contributed by atoms with E-state index in [0.29, 0.717) is 5.92 Å². The zero-order chi connectivity index (χ0) is 30.2. The van der Waals surface area contributed by atoms with Crippen molar-refractivity contribution in [3.05, 3.63) is 175 Å². The van der Waals surface area contributed by atoms with Crippen LogP contribution in [0.25, 0.3) is 44.9 Å². The summed E-state index contributed by atoms with van der Waals surface area (Å²) in [7, 11) is 0. The molecule has 1 aromatic heterocycles. The van der Waals surface area contributed by atoms with Gasteiger partial charge in [-0.1, -0.05) is 122 Å². The Kier molecular flexibility index (Phi) is 6.88. The number of hydrogen-bond acceptors (Lipinski definition) is 1. The molecule has 6 aromatic carbocycles. The van der Waals surface area contributed by atoms with Gasteiger partial charge in [-0.05, 0) is 83.3 Å². The Morgan fingerprint density at radius 3 is 1.62 bits per heavy atom. The second-order valence-corrected chi connectivity index (χ2v) is 11.9. The van der Waals surface area contributed by atoms with E-state index >= 15 is 0 Å². The third-order valence-corrected chi connectivity index (χ3v) is 9.02. The largest absolute Gasteiger partial charge is 0.313 e. The van der Waals surface area contributed by atoms with Gasteiger partial charge in [-0.25, -0.2) is 0 Å². The van der Waals surface area contributed by atoms with Gasteiger partial charge in [0.05, 0.1) is 5.52 Å². The second-order valence-electron chi connectivity index (χ2n) is 11.9. The predicted molar refractivity (Wildman–Crippen MR) is 191 cm³/mol. The van der Waals surface area contributed by atoms with Gasteiger partial charge in [0.2, 0.25) is 0 Å². The Balaban J connectivity index is 1.12. The average molecular weight is 579 g/mol. The minimum Gasteiger partial charge on any atom is -0.313 e. The molecule has 1 unspecified atom stereocenters. The van der Waals surface area contributed by atoms with Crippen LogP contribution < -0.4 is 4.90 Å². The Morgan fingerprint density at radius 1 is 0.511 bits per heavy atom. The van der Waals surface area contributed by atoms with Crippen LogP contribution >= 0.6 is 0 Å². The molecule has 0 spiro atoms. The van der Waals surface area contributed by atoms with Crippen molar-refractivity contribution in [2.75, 3.05) is 4.90 Å². The fourth-order valence-corrected chi connectivity index (χ4v) is 6.79. The first-order valence-corrected chi connectivity index (χ1v) is 15.8. The molecule has 7 aromatic rings. The van der Waals surface area contributed by atoms with Crippen LogP contribution in [0.4, 0.5) is 17.1 Å². The lowest BCUT2D eigenvalue weighted by Gasteiger charge is -2.26. The lowest BCUT2D eigenvalue weighted by molar-refractivity contribution is 0.723. The molecule has 2 nitrogen and oxygen atoms in total. The van der Waals surface area contributed by atoms with Crippen molar-refractivity contribution in [2.45, 2.75) is 19.3 Å². The summed E-state index contributed by atoms with van der Waals surface area (Å²) in [6.07, 6.45) is 5.70. The molecule has 0 amide bonds. The minimum absolute atomic E-state index is 0.478. The third-order valence-electron chi connectivity index (χ3n) is 9.02. The van der Waals surface area contributed by atoms with Crippen LogP contribution in [0.3, 0.4) is 0 Å². The van der Waals surface area contributed by atoms with Crippen molar-refractivity contribution in [3.63, 3.8) is 0 Å². The summed E-state index contributed by atoms with van der Waals surface area (Å²) in [5, 5.41) is 1.33. The standard InChI is InChI=1S/C43H34N2/c1-31-11-10-17-41-40-16-8-9-18-42(40)45(43(31)41)39-29-23-35(24-30-39)34-21-27-38(28-22-34)44(36-14-6-3-7-15-36)37-25-19-33(20-26-37)32-12-4-2-5-13-32/h2-10,12-31H,11H2,1H3. The van der Waals surface area contributed by atoms with Gasteiger partial charge in [0.25, 0.3) is 0 Å². The van der Waals surface area contributed by atoms with E-state index < -0.39 is 0 Å². The van der Waals surface area contributed by atoms with Crippen LogP contribution in [-0.2, 0) is 0 Å². The maximum absolute atomic E-state index is 2.46. The maximum atomic E-state index is 2.46. The molecule has 0 saturated carbocycles. The summed E-state index contributed by atoms with van der Waals surface area (Å²) in [6, 6.07) is 56.7. The van der Waals surface area contributed by atoms with Gasteiger partial charge in [0.15, 0.2) is 0 Å². The number of nitrogens with zero attached hydrogens (tertiary/aromatic N) is 2. The normalized spacial score (nSPS) is 13.9. The topological polar surface area (TPSA) is 8.17 Å². The third kappa shape index (κ3) is 4.95. The first kappa shape index (κ1) is 27.0. The van der Waals surface area contributed by atoms with Crippen LogP contribution in [-0.4, -0.2) is 4.57 Å². The van der Waals surface area contributed by atoms with E-state index in [4.69, 9.17) is 0 Å². The molecule has 0 bridgehead atoms. The Hall–Kier alpha value is -5.60. The number of aromatic nitrogens is 1. The van der Waals surface area contributed by atoms with E-state index in [-0.39, 0.29) is 0 Å². The van der Waals surface area contributed by atoms with Crippen molar-refractivity contribution in [1.82, 2.24) is 4.57 Å². The molecule has 0 saturated heterocycles. The van der Waals surface area contributed by atoms with Gasteiger partial charge in [-0.2, -0.15) is 0 Å². The molecular formula is C43H34N2. The van der Waals surface area contributed by atoms with Crippen molar-refractivity contribution >= 4 is 34.0 Å². The van der Waals surface area contributed by atoms with Gasteiger partial charge >= 0.3 is 0 Å². The zero-order valence-corrected chi connectivity index (χ0v) is 25.3. The first-order valence-electron chi connectivity index (χ1n) is 15.8. The molecule has 0 radical (unpaired) electrons. The zero-order valence-electron chi connectivity index (χ0n) is 25.3. The van der Waals surface area contributed by atoms with Gasteiger partial charge in [0, 0.05) is 45.3 Å². The molecule has 0 fully saturated rings. The molecule has 0 aliphatic heterocycles. The summed E-state index contributed by atoms with van der Waals surface area (Å²) < 4.78 is 2.46. The highest BCUT2D eigenvalue weighted by molar-refractivity contribution is 5.93. The molecule has 0 N–H and O–H groups in total. The summed E-state index contributed by atoms with van der Waals surface area (Å²) >= 11 is 0. The van der Waals surface area contributed by atoms with Crippen molar-refractivity contribution in [2.24, 2.45) is 0 Å². The molecule has 1 atom stereocenters. The lowest BCUT2D eigenvalue weighted by Crippen LogP contribution is -2.09. The number of allylic oxidation sites excluding steroid dienone is 1. The summed E-state index contributed by atoms with van der Waals surface area (Å²) in [5.74, 6) is 0.478. The number of para-hydroxylation sites is 2. The minimum atomic E-state index is 0.478. The quantitative estimate of drug-likeness (QED) is 0.191. The van der Waals surface area contributed by atoms with E-state index in [1.165, 1.54) is 50.1 Å². The van der Waals surface area contributed by atoms with Crippen LogP contribution in [0.5, 0.6) is 0 Å². The van der Waals surface area contributed by atoms with Crippen molar-refractivity contribution in [3.8, 4) is 27.9 Å². The SMILES string of the molecule is CC1CC=Cc2c1n(-c1ccc(-c3ccc(N(c4ccccc4)c4ccc(-c5ccccc5)cc4)cc3)cc1)c1ccccc21. The van der Waals surface area contributed by atoms with E-state index in [0.717, 1.165) is 23.5 Å². The Labute approximate surface area is 265 Å². The van der Waals surface area contributed by atoms with Gasteiger partial charge in [0.1, 0.15) is 0 Å². The van der Waals surface area contributed by atoms with Crippen LogP contribution in [0.1, 0.15) is 30.5 Å². The van der Waals surface area contributed by atoms with E-state index in [2.05, 4.69) is 186 Å². The summed E-state index contributed by atoms with van der Waals surface area (Å²) in [6.45, 7) is 2.34. The van der Waals surface area contributed by atoms with E-state index in [9.17, 15) is 0 Å². The van der Waals surface area contributed by atoms with Crippen LogP contribution in [0.15, 0.2) is 164 Å². The average Bonchev–Trinajstić information content (AvgIpc) is 3.46. The van der Waals surface area contributed by atoms with Crippen molar-refractivity contribution in [1.29, 1.82) is 0 Å². The number of benzene rings is 6. The second kappa shape index (κ2) is 11.5. The maximum Gasteiger partial charge on any atom is 0.0537 e. The van der Waals surface area contributed by atoms with Gasteiger partial charge < -0.3 is 9.47 Å². The molecule has 2 heteroatoms. The summed E-state index contributed by atoms with van der Waals surface area (Å²) in [5.41, 5.74) is 13.5. The molecule has 216 valence electrons. The fraction of sp³-hybridized carbons (Fsp3) is 0.0698. The molecule has 1 aliphatic rings. The van der Waals surface area contributed by atoms with Crippen molar-refractivity contribution < 1.29 is 0 Å². The molecule has 8 rings (SSSR count). The van der Waals surface area contributed by atoms with Gasteiger partial charge in [-0.3, -0.25) is 0 Å². The summed E-state index contributed by atoms with van der Waals surface area (Å²) in [4.78, 5) is 2.32. The number of anilines is 3. The van der Waals surface area contributed by atoms with E-state index in [1.54, 1.807) is 0 Å². The monoisotopic (exact) mass is 578 g/mol. The van der Waals surface area contributed by atoms with Crippen LogP contribution in [0, 0.1) is 0 Å². The Morgan fingerprint density at radius 2 is 1.00 bits per heavy atom. The van der Waals surface area contributed by atoms with E-state index in [1.807, 2.05) is 0 Å². The molecule has 45 heavy (non-hydrogen) atoms. The number of rotatable bonds is 6. The number of hydrogen-bond donors (Lipinski definition) is 0. The molecule has 1 aliphatic carbocycles. The smallest absolute Gasteiger partial charge is 0.0537 e. The first-order chi connectivity index (χ1) is 22.2. The molecule has 1 heterocycles. The lowest BCUT2D eigenvalue weighted by atomic mass is 9.93. The highest BCUT2D eigenvalue weighted by atomic mass is 15.1. The number of fused-ring (bicyclic) bond motifs is 3. The fourth-order valence-electron chi connectivity index (χ4n) is 6.79. The highest BCUT2D eigenvalue weighted by Crippen LogP contribution is 2.40. The van der Waals surface area contributed by atoms with Gasteiger partial charge in [-0.15, -0.1) is 0 Å².